The zero-order valence-corrected chi connectivity index (χ0v) is 13.4. The molecule has 1 aliphatic rings. The van der Waals surface area contributed by atoms with Crippen LogP contribution in [0.4, 0.5) is 5.82 Å². The summed E-state index contributed by atoms with van der Waals surface area (Å²) in [6.45, 7) is 11.1. The molecule has 118 valence electrons. The van der Waals surface area contributed by atoms with Crippen molar-refractivity contribution in [3.63, 3.8) is 0 Å². The Labute approximate surface area is 127 Å². The fourth-order valence-electron chi connectivity index (χ4n) is 2.97. The molecule has 0 aliphatic carbocycles. The normalized spacial score (nSPS) is 21.4. The van der Waals surface area contributed by atoms with Crippen LogP contribution in [0.5, 0.6) is 0 Å². The number of nitrogen functional groups attached to an aromatic ring is 1. The standard InChI is InChI=1S/C16H28N4O/c1-4-6-20-7-8-21-14(11-20)15(18-5-2)13-9-12(3)10-19-16(13)17/h9-10,14-15,18H,4-8,11H2,1-3H3,(H2,17,19). The molecule has 3 N–H and O–H groups in total. The van der Waals surface area contributed by atoms with Crippen molar-refractivity contribution in [1.82, 2.24) is 15.2 Å². The first-order chi connectivity index (χ1) is 10.2. The topological polar surface area (TPSA) is 63.4 Å². The Kier molecular flexibility index (Phi) is 5.96. The second-order valence-electron chi connectivity index (χ2n) is 5.73. The molecule has 5 heteroatoms. The molecule has 0 bridgehead atoms. The molecule has 2 atom stereocenters. The Morgan fingerprint density at radius 1 is 1.52 bits per heavy atom. The average molecular weight is 292 g/mol. The van der Waals surface area contributed by atoms with Gasteiger partial charge in [-0.25, -0.2) is 4.98 Å². The van der Waals surface area contributed by atoms with Crippen LogP contribution in [0.15, 0.2) is 12.3 Å². The van der Waals surface area contributed by atoms with E-state index >= 15 is 0 Å². The minimum atomic E-state index is 0.0991. The predicted molar refractivity (Wildman–Crippen MR) is 86.3 cm³/mol. The minimum absolute atomic E-state index is 0.0991. The molecule has 1 fully saturated rings. The Morgan fingerprint density at radius 3 is 3.05 bits per heavy atom. The summed E-state index contributed by atoms with van der Waals surface area (Å²) >= 11 is 0. The summed E-state index contributed by atoms with van der Waals surface area (Å²) in [6, 6.07) is 2.22. The summed E-state index contributed by atoms with van der Waals surface area (Å²) in [6.07, 6.45) is 3.11. The number of nitrogens with zero attached hydrogens (tertiary/aromatic N) is 2. The van der Waals surface area contributed by atoms with Gasteiger partial charge in [0.2, 0.25) is 0 Å². The first kappa shape index (κ1) is 16.2. The van der Waals surface area contributed by atoms with Crippen LogP contribution in [-0.2, 0) is 4.74 Å². The summed E-state index contributed by atoms with van der Waals surface area (Å²) in [4.78, 5) is 6.77. The van der Waals surface area contributed by atoms with Gasteiger partial charge in [0.15, 0.2) is 0 Å². The molecule has 0 saturated carbocycles. The number of hydrogen-bond donors (Lipinski definition) is 2. The number of likely N-dealkylation sites (N-methyl/N-ethyl adjacent to an activating group) is 1. The number of ether oxygens (including phenoxy) is 1. The zero-order chi connectivity index (χ0) is 15.2. The van der Waals surface area contributed by atoms with Gasteiger partial charge in [-0.15, -0.1) is 0 Å². The summed E-state index contributed by atoms with van der Waals surface area (Å²) < 4.78 is 6.03. The van der Waals surface area contributed by atoms with E-state index in [-0.39, 0.29) is 12.1 Å². The zero-order valence-electron chi connectivity index (χ0n) is 13.4. The van der Waals surface area contributed by atoms with Crippen molar-refractivity contribution in [2.24, 2.45) is 0 Å². The van der Waals surface area contributed by atoms with Crippen molar-refractivity contribution in [3.8, 4) is 0 Å². The molecule has 1 saturated heterocycles. The second-order valence-corrected chi connectivity index (χ2v) is 5.73. The number of nitrogens with one attached hydrogen (secondary N) is 1. The third-order valence-corrected chi connectivity index (χ3v) is 3.93. The van der Waals surface area contributed by atoms with Crippen molar-refractivity contribution in [1.29, 1.82) is 0 Å². The van der Waals surface area contributed by atoms with Crippen LogP contribution in [0.25, 0.3) is 0 Å². The van der Waals surface area contributed by atoms with Crippen molar-refractivity contribution < 1.29 is 4.74 Å². The van der Waals surface area contributed by atoms with E-state index in [9.17, 15) is 0 Å². The van der Waals surface area contributed by atoms with Gasteiger partial charge in [-0.1, -0.05) is 13.8 Å². The monoisotopic (exact) mass is 292 g/mol. The number of pyridine rings is 1. The Morgan fingerprint density at radius 2 is 2.33 bits per heavy atom. The lowest BCUT2D eigenvalue weighted by Gasteiger charge is -2.37. The highest BCUT2D eigenvalue weighted by Gasteiger charge is 2.30. The van der Waals surface area contributed by atoms with Gasteiger partial charge >= 0.3 is 0 Å². The molecule has 1 aromatic rings. The molecule has 1 aliphatic heterocycles. The molecular weight excluding hydrogens is 264 g/mol. The smallest absolute Gasteiger partial charge is 0.128 e. The van der Waals surface area contributed by atoms with Crippen LogP contribution >= 0.6 is 0 Å². The molecule has 0 amide bonds. The third kappa shape index (κ3) is 4.15. The predicted octanol–water partition coefficient (Wildman–Crippen LogP) is 1.73. The van der Waals surface area contributed by atoms with Gasteiger partial charge in [-0.05, 0) is 38.1 Å². The molecule has 5 nitrogen and oxygen atoms in total. The van der Waals surface area contributed by atoms with E-state index in [0.29, 0.717) is 5.82 Å². The molecule has 0 spiro atoms. The van der Waals surface area contributed by atoms with Crippen LogP contribution in [-0.4, -0.2) is 48.8 Å². The lowest BCUT2D eigenvalue weighted by molar-refractivity contribution is -0.0467. The van der Waals surface area contributed by atoms with E-state index in [1.54, 1.807) is 0 Å². The van der Waals surface area contributed by atoms with Gasteiger partial charge in [0.05, 0.1) is 18.8 Å². The van der Waals surface area contributed by atoms with Crippen LogP contribution in [0, 0.1) is 6.92 Å². The van der Waals surface area contributed by atoms with Crippen molar-refractivity contribution in [2.75, 3.05) is 38.5 Å². The van der Waals surface area contributed by atoms with E-state index in [4.69, 9.17) is 10.5 Å². The van der Waals surface area contributed by atoms with Gasteiger partial charge in [0, 0.05) is 24.8 Å². The molecule has 1 aromatic heterocycles. The van der Waals surface area contributed by atoms with Gasteiger partial charge in [-0.2, -0.15) is 0 Å². The van der Waals surface area contributed by atoms with E-state index in [1.807, 2.05) is 13.1 Å². The molecular formula is C16H28N4O. The van der Waals surface area contributed by atoms with Crippen LogP contribution in [0.3, 0.4) is 0 Å². The van der Waals surface area contributed by atoms with Crippen molar-refractivity contribution in [2.45, 2.75) is 39.3 Å². The highest BCUT2D eigenvalue weighted by atomic mass is 16.5. The van der Waals surface area contributed by atoms with E-state index in [1.165, 1.54) is 6.42 Å². The molecule has 2 rings (SSSR count). The molecule has 21 heavy (non-hydrogen) atoms. The summed E-state index contributed by atoms with van der Waals surface area (Å²) in [5.41, 5.74) is 8.28. The number of nitrogens with two attached hydrogens (primary N) is 1. The summed E-state index contributed by atoms with van der Waals surface area (Å²) in [7, 11) is 0. The van der Waals surface area contributed by atoms with Crippen molar-refractivity contribution >= 4 is 5.82 Å². The van der Waals surface area contributed by atoms with Crippen LogP contribution in [0.1, 0.15) is 37.4 Å². The highest BCUT2D eigenvalue weighted by molar-refractivity contribution is 5.43. The fourth-order valence-corrected chi connectivity index (χ4v) is 2.97. The fraction of sp³-hybridized carbons (Fsp3) is 0.688. The number of aromatic nitrogens is 1. The number of morpholine rings is 1. The second kappa shape index (κ2) is 7.73. The largest absolute Gasteiger partial charge is 0.383 e. The quantitative estimate of drug-likeness (QED) is 0.836. The lowest BCUT2D eigenvalue weighted by Crippen LogP contribution is -2.48. The maximum atomic E-state index is 6.10. The van der Waals surface area contributed by atoms with Gasteiger partial charge in [0.1, 0.15) is 5.82 Å². The van der Waals surface area contributed by atoms with Crippen molar-refractivity contribution in [3.05, 3.63) is 23.4 Å². The first-order valence-electron chi connectivity index (χ1n) is 7.95. The third-order valence-electron chi connectivity index (χ3n) is 3.93. The maximum Gasteiger partial charge on any atom is 0.128 e. The van der Waals surface area contributed by atoms with Gasteiger partial charge < -0.3 is 15.8 Å². The number of hydrogen-bond acceptors (Lipinski definition) is 5. The Balaban J connectivity index is 2.19. The number of anilines is 1. The molecule has 0 radical (unpaired) electrons. The summed E-state index contributed by atoms with van der Waals surface area (Å²) in [5, 5.41) is 3.53. The van der Waals surface area contributed by atoms with E-state index in [2.05, 4.69) is 35.1 Å². The molecule has 2 heterocycles. The average Bonchev–Trinajstić information content (AvgIpc) is 2.48. The highest BCUT2D eigenvalue weighted by Crippen LogP contribution is 2.26. The minimum Gasteiger partial charge on any atom is -0.383 e. The van der Waals surface area contributed by atoms with Gasteiger partial charge in [-0.3, -0.25) is 4.90 Å². The molecule has 2 unspecified atom stereocenters. The number of aryl methyl sites for hydroxylation is 1. The number of rotatable bonds is 6. The Hall–Kier alpha value is -1.17. The Bertz CT molecular complexity index is 450. The first-order valence-corrected chi connectivity index (χ1v) is 7.95. The molecule has 0 aromatic carbocycles. The van der Waals surface area contributed by atoms with Crippen LogP contribution < -0.4 is 11.1 Å². The van der Waals surface area contributed by atoms with Crippen LogP contribution in [0.2, 0.25) is 0 Å². The maximum absolute atomic E-state index is 6.10. The summed E-state index contributed by atoms with van der Waals surface area (Å²) in [5.74, 6) is 0.600. The van der Waals surface area contributed by atoms with E-state index in [0.717, 1.165) is 43.9 Å². The SMILES string of the molecule is CCCN1CCOC(C(NCC)c2cc(C)cnc2N)C1. The lowest BCUT2D eigenvalue weighted by atomic mass is 9.99. The van der Waals surface area contributed by atoms with Gasteiger partial charge in [0.25, 0.3) is 0 Å². The van der Waals surface area contributed by atoms with E-state index < -0.39 is 0 Å².